The number of hydrogen-bond acceptors (Lipinski definition) is 4. The SMILES string of the molecule is CCOC(=O)C[C@@H](NC(=O)C(C)C)C(N)=O. The Kier molecular flexibility index (Phi) is 6.14. The third-order valence-corrected chi connectivity index (χ3v) is 1.86. The summed E-state index contributed by atoms with van der Waals surface area (Å²) >= 11 is 0. The van der Waals surface area contributed by atoms with Gasteiger partial charge in [0.15, 0.2) is 0 Å². The zero-order valence-electron chi connectivity index (χ0n) is 9.78. The number of ether oxygens (including phenoxy) is 1. The van der Waals surface area contributed by atoms with Crippen molar-refractivity contribution in [1.29, 1.82) is 0 Å². The lowest BCUT2D eigenvalue weighted by Gasteiger charge is -2.15. The molecule has 0 saturated carbocycles. The van der Waals surface area contributed by atoms with Gasteiger partial charge in [0.2, 0.25) is 11.8 Å². The molecule has 0 aliphatic rings. The maximum absolute atomic E-state index is 11.3. The van der Waals surface area contributed by atoms with Crippen molar-refractivity contribution in [2.45, 2.75) is 33.2 Å². The second kappa shape index (κ2) is 6.81. The number of amides is 2. The molecule has 3 N–H and O–H groups in total. The molecule has 0 aliphatic heterocycles. The van der Waals surface area contributed by atoms with Crippen molar-refractivity contribution in [2.75, 3.05) is 6.61 Å². The summed E-state index contributed by atoms with van der Waals surface area (Å²) in [5.41, 5.74) is 5.07. The predicted octanol–water partition coefficient (Wildman–Crippen LogP) is -0.434. The van der Waals surface area contributed by atoms with Crippen molar-refractivity contribution in [3.8, 4) is 0 Å². The molecule has 0 bridgehead atoms. The molecule has 0 radical (unpaired) electrons. The first kappa shape index (κ1) is 14.4. The van der Waals surface area contributed by atoms with Gasteiger partial charge in [-0.2, -0.15) is 0 Å². The van der Waals surface area contributed by atoms with Crippen LogP contribution in [0.25, 0.3) is 0 Å². The molecule has 0 rings (SSSR count). The van der Waals surface area contributed by atoms with E-state index in [4.69, 9.17) is 5.73 Å². The minimum absolute atomic E-state index is 0.225. The number of nitrogens with two attached hydrogens (primary N) is 1. The maximum atomic E-state index is 11.3. The van der Waals surface area contributed by atoms with Crippen molar-refractivity contribution < 1.29 is 19.1 Å². The Morgan fingerprint density at radius 1 is 1.31 bits per heavy atom. The molecule has 0 fully saturated rings. The van der Waals surface area contributed by atoms with Gasteiger partial charge in [0.25, 0.3) is 0 Å². The predicted molar refractivity (Wildman–Crippen MR) is 57.2 cm³/mol. The molecule has 0 spiro atoms. The molecule has 0 aliphatic carbocycles. The Balaban J connectivity index is 4.34. The van der Waals surface area contributed by atoms with Crippen molar-refractivity contribution in [3.05, 3.63) is 0 Å². The van der Waals surface area contributed by atoms with Crippen LogP contribution in [0.2, 0.25) is 0 Å². The minimum Gasteiger partial charge on any atom is -0.466 e. The molecule has 1 atom stereocenters. The summed E-state index contributed by atoms with van der Waals surface area (Å²) in [5, 5.41) is 2.39. The van der Waals surface area contributed by atoms with Gasteiger partial charge >= 0.3 is 5.97 Å². The molecule has 16 heavy (non-hydrogen) atoms. The zero-order chi connectivity index (χ0) is 12.7. The highest BCUT2D eigenvalue weighted by atomic mass is 16.5. The summed E-state index contributed by atoms with van der Waals surface area (Å²) in [6.07, 6.45) is -0.234. The number of esters is 1. The molecule has 0 heterocycles. The van der Waals surface area contributed by atoms with Crippen molar-refractivity contribution in [3.63, 3.8) is 0 Å². The standard InChI is InChI=1S/C10H18N2O4/c1-4-16-8(13)5-7(9(11)14)12-10(15)6(2)3/h6-7H,4-5H2,1-3H3,(H2,11,14)(H,12,15)/t7-/m1/s1. The largest absolute Gasteiger partial charge is 0.466 e. The zero-order valence-corrected chi connectivity index (χ0v) is 9.78. The third-order valence-electron chi connectivity index (χ3n) is 1.86. The number of hydrogen-bond donors (Lipinski definition) is 2. The number of carbonyl (C=O) groups is 3. The van der Waals surface area contributed by atoms with E-state index in [1.807, 2.05) is 0 Å². The quantitative estimate of drug-likeness (QED) is 0.604. The molecule has 2 amide bonds. The summed E-state index contributed by atoms with van der Waals surface area (Å²) in [4.78, 5) is 33.5. The van der Waals surface area contributed by atoms with Gasteiger partial charge in [0, 0.05) is 5.92 Å². The fourth-order valence-corrected chi connectivity index (χ4v) is 0.948. The van der Waals surface area contributed by atoms with Crippen LogP contribution in [0.3, 0.4) is 0 Å². The van der Waals surface area contributed by atoms with Crippen LogP contribution in [0.5, 0.6) is 0 Å². The van der Waals surface area contributed by atoms with Crippen LogP contribution in [-0.2, 0) is 19.1 Å². The number of carbonyl (C=O) groups excluding carboxylic acids is 3. The molecule has 0 aromatic rings. The summed E-state index contributed by atoms with van der Waals surface area (Å²) < 4.78 is 4.67. The molecule has 6 heteroatoms. The van der Waals surface area contributed by atoms with Crippen LogP contribution in [-0.4, -0.2) is 30.4 Å². The Morgan fingerprint density at radius 2 is 1.88 bits per heavy atom. The van der Waals surface area contributed by atoms with Gasteiger partial charge in [-0.3, -0.25) is 14.4 Å². The lowest BCUT2D eigenvalue weighted by Crippen LogP contribution is -2.47. The molecular formula is C10H18N2O4. The van der Waals surface area contributed by atoms with E-state index in [-0.39, 0.29) is 24.9 Å². The van der Waals surface area contributed by atoms with E-state index in [0.29, 0.717) is 0 Å². The number of nitrogens with one attached hydrogen (secondary N) is 1. The molecule has 0 saturated heterocycles. The van der Waals surface area contributed by atoms with E-state index >= 15 is 0 Å². The van der Waals surface area contributed by atoms with Gasteiger partial charge in [-0.15, -0.1) is 0 Å². The summed E-state index contributed by atoms with van der Waals surface area (Å²) in [6, 6.07) is -1.01. The van der Waals surface area contributed by atoms with Crippen LogP contribution in [0.1, 0.15) is 27.2 Å². The smallest absolute Gasteiger partial charge is 0.308 e. The van der Waals surface area contributed by atoms with Crippen LogP contribution in [0.15, 0.2) is 0 Å². The Bertz CT molecular complexity index is 276. The molecule has 0 aromatic carbocycles. The highest BCUT2D eigenvalue weighted by molar-refractivity contribution is 5.90. The lowest BCUT2D eigenvalue weighted by atomic mass is 10.1. The van der Waals surface area contributed by atoms with E-state index in [1.165, 1.54) is 0 Å². The molecule has 0 unspecified atom stereocenters. The Hall–Kier alpha value is -1.59. The molecular weight excluding hydrogens is 212 g/mol. The highest BCUT2D eigenvalue weighted by Gasteiger charge is 2.23. The topological polar surface area (TPSA) is 98.5 Å². The first-order valence-electron chi connectivity index (χ1n) is 5.13. The van der Waals surface area contributed by atoms with Gasteiger partial charge in [0.1, 0.15) is 6.04 Å². The maximum Gasteiger partial charge on any atom is 0.308 e. The van der Waals surface area contributed by atoms with Crippen molar-refractivity contribution in [1.82, 2.24) is 5.32 Å². The highest BCUT2D eigenvalue weighted by Crippen LogP contribution is 1.98. The van der Waals surface area contributed by atoms with E-state index in [1.54, 1.807) is 20.8 Å². The van der Waals surface area contributed by atoms with Gasteiger partial charge in [0.05, 0.1) is 13.0 Å². The molecule has 0 aromatic heterocycles. The molecule has 6 nitrogen and oxygen atoms in total. The van der Waals surface area contributed by atoms with Crippen molar-refractivity contribution >= 4 is 17.8 Å². The van der Waals surface area contributed by atoms with Crippen LogP contribution in [0.4, 0.5) is 0 Å². The van der Waals surface area contributed by atoms with Crippen LogP contribution in [0, 0.1) is 5.92 Å². The molecule has 92 valence electrons. The van der Waals surface area contributed by atoms with E-state index in [9.17, 15) is 14.4 Å². The number of rotatable bonds is 6. The monoisotopic (exact) mass is 230 g/mol. The third kappa shape index (κ3) is 5.33. The second-order valence-corrected chi connectivity index (χ2v) is 3.63. The number of primary amides is 1. The lowest BCUT2D eigenvalue weighted by molar-refractivity contribution is -0.145. The Morgan fingerprint density at radius 3 is 2.25 bits per heavy atom. The minimum atomic E-state index is -1.01. The normalized spacial score (nSPS) is 12.0. The fraction of sp³-hybridized carbons (Fsp3) is 0.700. The van der Waals surface area contributed by atoms with Gasteiger partial charge < -0.3 is 15.8 Å². The average molecular weight is 230 g/mol. The van der Waals surface area contributed by atoms with Crippen LogP contribution >= 0.6 is 0 Å². The van der Waals surface area contributed by atoms with Gasteiger partial charge in [-0.1, -0.05) is 13.8 Å². The summed E-state index contributed by atoms with van der Waals surface area (Å²) in [6.45, 7) is 5.24. The van der Waals surface area contributed by atoms with E-state index < -0.39 is 17.9 Å². The van der Waals surface area contributed by atoms with Gasteiger partial charge in [-0.05, 0) is 6.92 Å². The van der Waals surface area contributed by atoms with Crippen molar-refractivity contribution in [2.24, 2.45) is 11.7 Å². The average Bonchev–Trinajstić information content (AvgIpc) is 2.16. The van der Waals surface area contributed by atoms with E-state index in [0.717, 1.165) is 0 Å². The van der Waals surface area contributed by atoms with Gasteiger partial charge in [-0.25, -0.2) is 0 Å². The first-order valence-corrected chi connectivity index (χ1v) is 5.13. The summed E-state index contributed by atoms with van der Waals surface area (Å²) in [5.74, 6) is -1.91. The Labute approximate surface area is 94.5 Å². The van der Waals surface area contributed by atoms with Crippen LogP contribution < -0.4 is 11.1 Å². The second-order valence-electron chi connectivity index (χ2n) is 3.63. The van der Waals surface area contributed by atoms with E-state index in [2.05, 4.69) is 10.1 Å². The summed E-state index contributed by atoms with van der Waals surface area (Å²) in [7, 11) is 0. The first-order chi connectivity index (χ1) is 7.38. The fourth-order valence-electron chi connectivity index (χ4n) is 0.948.